The van der Waals surface area contributed by atoms with Gasteiger partial charge in [-0.15, -0.1) is 0 Å². The van der Waals surface area contributed by atoms with Gasteiger partial charge < -0.3 is 9.84 Å². The van der Waals surface area contributed by atoms with Crippen molar-refractivity contribution in [3.63, 3.8) is 0 Å². The molecule has 0 radical (unpaired) electrons. The summed E-state index contributed by atoms with van der Waals surface area (Å²) in [4.78, 5) is 27.7. The van der Waals surface area contributed by atoms with Crippen LogP contribution in [0.3, 0.4) is 0 Å². The van der Waals surface area contributed by atoms with Gasteiger partial charge in [-0.05, 0) is 35.0 Å². The van der Waals surface area contributed by atoms with Gasteiger partial charge in [0.2, 0.25) is 0 Å². The van der Waals surface area contributed by atoms with Crippen LogP contribution in [-0.2, 0) is 9.59 Å². The van der Waals surface area contributed by atoms with Crippen molar-refractivity contribution in [1.29, 1.82) is 0 Å². The van der Waals surface area contributed by atoms with Crippen LogP contribution < -0.4 is 9.64 Å². The van der Waals surface area contributed by atoms with E-state index in [1.54, 1.807) is 42.5 Å². The van der Waals surface area contributed by atoms with E-state index in [0.717, 1.165) is 10.8 Å². The predicted octanol–water partition coefficient (Wildman–Crippen LogP) is 5.61. The van der Waals surface area contributed by atoms with E-state index in [-0.39, 0.29) is 16.9 Å². The van der Waals surface area contributed by atoms with Crippen LogP contribution in [0.2, 0.25) is 0 Å². The Morgan fingerprint density at radius 1 is 0.882 bits per heavy atom. The second kappa shape index (κ2) is 8.48. The van der Waals surface area contributed by atoms with Crippen LogP contribution in [0.25, 0.3) is 16.5 Å². The lowest BCUT2D eigenvalue weighted by molar-refractivity contribution is -0.132. The summed E-state index contributed by atoms with van der Waals surface area (Å²) in [6.07, 6.45) is 0. The molecule has 1 atom stereocenters. The Morgan fingerprint density at radius 2 is 1.62 bits per heavy atom. The van der Waals surface area contributed by atoms with E-state index in [4.69, 9.17) is 4.74 Å². The summed E-state index contributed by atoms with van der Waals surface area (Å²) >= 11 is 0. The highest BCUT2D eigenvalue weighted by Crippen LogP contribution is 2.43. The zero-order valence-electron chi connectivity index (χ0n) is 18.2. The van der Waals surface area contributed by atoms with Crippen molar-refractivity contribution in [2.45, 2.75) is 6.04 Å². The van der Waals surface area contributed by atoms with Crippen molar-refractivity contribution in [3.8, 4) is 5.75 Å². The van der Waals surface area contributed by atoms with Gasteiger partial charge in [-0.1, -0.05) is 60.7 Å². The quantitative estimate of drug-likeness (QED) is 0.248. The van der Waals surface area contributed by atoms with Gasteiger partial charge in [-0.25, -0.2) is 4.39 Å². The molecule has 0 aromatic heterocycles. The Balaban J connectivity index is 1.75. The zero-order chi connectivity index (χ0) is 23.8. The molecular formula is C28H20FNO4. The van der Waals surface area contributed by atoms with Gasteiger partial charge in [-0.2, -0.15) is 0 Å². The number of aliphatic hydroxyl groups excluding tert-OH is 1. The lowest BCUT2D eigenvalue weighted by Crippen LogP contribution is -2.29. The Labute approximate surface area is 195 Å². The number of carbonyl (C=O) groups is 2. The van der Waals surface area contributed by atoms with Gasteiger partial charge in [0.05, 0.1) is 18.7 Å². The molecule has 168 valence electrons. The Morgan fingerprint density at radius 3 is 2.38 bits per heavy atom. The minimum absolute atomic E-state index is 0.104. The van der Waals surface area contributed by atoms with Crippen LogP contribution in [0, 0.1) is 5.82 Å². The first-order valence-electron chi connectivity index (χ1n) is 10.7. The largest absolute Gasteiger partial charge is 0.507 e. The number of rotatable bonds is 4. The van der Waals surface area contributed by atoms with Gasteiger partial charge in [0.1, 0.15) is 17.3 Å². The van der Waals surface area contributed by atoms with Crippen molar-refractivity contribution in [3.05, 3.63) is 114 Å². The second-order valence-electron chi connectivity index (χ2n) is 7.95. The molecule has 1 aliphatic heterocycles. The van der Waals surface area contributed by atoms with Gasteiger partial charge in [0.25, 0.3) is 11.7 Å². The minimum atomic E-state index is -1.15. The number of fused-ring (bicyclic) bond motifs is 1. The lowest BCUT2D eigenvalue weighted by atomic mass is 9.94. The standard InChI is InChI=1S/C28H20FNO4/c1-34-21-10-6-9-20(16-21)30-25(22-11-4-5-12-23(22)29)24(27(32)28(30)33)26(31)19-14-13-17-7-2-3-8-18(17)15-19/h2-16,25,31H,1H3/b26-24+. The summed E-state index contributed by atoms with van der Waals surface area (Å²) in [5, 5.41) is 13.1. The molecule has 1 saturated heterocycles. The average molecular weight is 453 g/mol. The van der Waals surface area contributed by atoms with Crippen molar-refractivity contribution in [2.75, 3.05) is 12.0 Å². The summed E-state index contributed by atoms with van der Waals surface area (Å²) in [7, 11) is 1.49. The van der Waals surface area contributed by atoms with Gasteiger partial charge in [-0.3, -0.25) is 14.5 Å². The van der Waals surface area contributed by atoms with Crippen LogP contribution >= 0.6 is 0 Å². The highest BCUT2D eigenvalue weighted by molar-refractivity contribution is 6.51. The number of amides is 1. The number of anilines is 1. The molecule has 4 aromatic carbocycles. The molecule has 0 aliphatic carbocycles. The number of carbonyl (C=O) groups excluding carboxylic acids is 2. The van der Waals surface area contributed by atoms with E-state index in [1.165, 1.54) is 30.2 Å². The summed E-state index contributed by atoms with van der Waals surface area (Å²) < 4.78 is 20.3. The maximum atomic E-state index is 15.0. The van der Waals surface area contributed by atoms with Crippen LogP contribution in [0.5, 0.6) is 5.75 Å². The second-order valence-corrected chi connectivity index (χ2v) is 7.95. The minimum Gasteiger partial charge on any atom is -0.507 e. The third-order valence-corrected chi connectivity index (χ3v) is 6.00. The summed E-state index contributed by atoms with van der Waals surface area (Å²) in [6.45, 7) is 0. The van der Waals surface area contributed by atoms with Crippen molar-refractivity contribution in [2.24, 2.45) is 0 Å². The number of benzene rings is 4. The number of ether oxygens (including phenoxy) is 1. The van der Waals surface area contributed by atoms with E-state index >= 15 is 0 Å². The van der Waals surface area contributed by atoms with E-state index in [9.17, 15) is 19.1 Å². The molecule has 4 aromatic rings. The van der Waals surface area contributed by atoms with Gasteiger partial charge in [0, 0.05) is 22.9 Å². The number of aliphatic hydroxyl groups is 1. The summed E-state index contributed by atoms with van der Waals surface area (Å²) in [5.41, 5.74) is 0.649. The normalized spacial score (nSPS) is 17.4. The number of hydrogen-bond acceptors (Lipinski definition) is 4. The predicted molar refractivity (Wildman–Crippen MR) is 128 cm³/mol. The molecule has 5 rings (SSSR count). The Hall–Kier alpha value is -4.45. The number of Topliss-reactive ketones (excluding diaryl/α,β-unsaturated/α-hetero) is 1. The number of nitrogens with zero attached hydrogens (tertiary/aromatic N) is 1. The summed E-state index contributed by atoms with van der Waals surface area (Å²) in [6, 6.07) is 24.2. The molecule has 1 N–H and O–H groups in total. The third kappa shape index (κ3) is 3.49. The van der Waals surface area contributed by atoms with E-state index < -0.39 is 23.5 Å². The molecule has 34 heavy (non-hydrogen) atoms. The highest BCUT2D eigenvalue weighted by atomic mass is 19.1. The zero-order valence-corrected chi connectivity index (χ0v) is 18.2. The molecular weight excluding hydrogens is 433 g/mol. The Kier molecular flexibility index (Phi) is 5.34. The smallest absolute Gasteiger partial charge is 0.300 e. The van der Waals surface area contributed by atoms with Crippen molar-refractivity contribution < 1.29 is 23.8 Å². The number of methoxy groups -OCH3 is 1. The molecule has 1 heterocycles. The van der Waals surface area contributed by atoms with Crippen LogP contribution in [0.1, 0.15) is 17.2 Å². The van der Waals surface area contributed by atoms with Crippen molar-refractivity contribution in [1.82, 2.24) is 0 Å². The molecule has 1 aliphatic rings. The average Bonchev–Trinajstić information content (AvgIpc) is 3.13. The molecule has 6 heteroatoms. The van der Waals surface area contributed by atoms with E-state index in [0.29, 0.717) is 17.0 Å². The number of halogens is 1. The monoisotopic (exact) mass is 453 g/mol. The topological polar surface area (TPSA) is 66.8 Å². The first-order chi connectivity index (χ1) is 16.5. The van der Waals surface area contributed by atoms with Crippen LogP contribution in [-0.4, -0.2) is 23.9 Å². The molecule has 0 saturated carbocycles. The third-order valence-electron chi connectivity index (χ3n) is 6.00. The highest BCUT2D eigenvalue weighted by Gasteiger charge is 2.47. The molecule has 0 spiro atoms. The fourth-order valence-corrected chi connectivity index (χ4v) is 4.34. The van der Waals surface area contributed by atoms with E-state index in [2.05, 4.69) is 0 Å². The fourth-order valence-electron chi connectivity index (χ4n) is 4.34. The van der Waals surface area contributed by atoms with Crippen molar-refractivity contribution >= 4 is 33.9 Å². The first-order valence-corrected chi connectivity index (χ1v) is 10.7. The van der Waals surface area contributed by atoms with Crippen LogP contribution in [0.4, 0.5) is 10.1 Å². The molecule has 1 fully saturated rings. The van der Waals surface area contributed by atoms with E-state index in [1.807, 2.05) is 30.3 Å². The Bertz CT molecular complexity index is 1480. The number of ketones is 1. The first kappa shape index (κ1) is 21.4. The van der Waals surface area contributed by atoms with Gasteiger partial charge >= 0.3 is 0 Å². The summed E-state index contributed by atoms with van der Waals surface area (Å²) in [5.74, 6) is -2.22. The molecule has 1 amide bonds. The molecule has 0 bridgehead atoms. The fraction of sp³-hybridized carbons (Fsp3) is 0.0714. The molecule has 5 nitrogen and oxygen atoms in total. The number of hydrogen-bond donors (Lipinski definition) is 1. The van der Waals surface area contributed by atoms with Crippen LogP contribution in [0.15, 0.2) is 96.6 Å². The molecule has 1 unspecified atom stereocenters. The maximum Gasteiger partial charge on any atom is 0.300 e. The van der Waals surface area contributed by atoms with Gasteiger partial charge in [0.15, 0.2) is 0 Å². The lowest BCUT2D eigenvalue weighted by Gasteiger charge is -2.26. The maximum absolute atomic E-state index is 15.0. The SMILES string of the molecule is COc1cccc(N2C(=O)C(=O)/C(=C(/O)c3ccc4ccccc4c3)C2c2ccccc2F)c1.